The molecule has 0 N–H and O–H groups in total. The Labute approximate surface area is 185 Å². The van der Waals surface area contributed by atoms with Crippen LogP contribution in [0.1, 0.15) is 58.4 Å². The number of hydrogen-bond acceptors (Lipinski definition) is 3. The molecule has 1 saturated carbocycles. The van der Waals surface area contributed by atoms with Gasteiger partial charge in [0.15, 0.2) is 11.6 Å². The van der Waals surface area contributed by atoms with Crippen molar-refractivity contribution in [3.05, 3.63) is 59.7 Å². The monoisotopic (exact) mass is 424 g/mol. The number of carbonyl (C=O) groups is 1. The Hall–Kier alpha value is -2.65. The van der Waals surface area contributed by atoms with Crippen LogP contribution in [0.2, 0.25) is 0 Å². The lowest BCUT2D eigenvalue weighted by atomic mass is 9.80. The molecular weight excluding hydrogens is 391 g/mol. The Morgan fingerprint density at radius 2 is 2.19 bits per heavy atom. The number of benzene rings is 1. The molecule has 3 rings (SSSR count). The van der Waals surface area contributed by atoms with Crippen LogP contribution in [0.4, 0.5) is 4.39 Å². The predicted molar refractivity (Wildman–Crippen MR) is 123 cm³/mol. The van der Waals surface area contributed by atoms with Gasteiger partial charge in [-0.05, 0) is 82.2 Å². The standard InChI is InChI=1S/C26H33FN2O2/c1-6-8-13-28-17-19(4)23-11-12-26(5,7-2)29(23)25(30)20-15-21(16-20)31-24-10-9-18(3)14-22(24)27/h8-10,13-14,17,20-21,23H,1,7,11-12,15-16H2,2-5H3/b19-17+,28-13?/t20?,21?,23-,26-/m0/s1. The highest BCUT2D eigenvalue weighted by molar-refractivity contribution is 5.82. The summed E-state index contributed by atoms with van der Waals surface area (Å²) in [5.74, 6) is 0.0218. The molecule has 2 aliphatic rings. The second-order valence-corrected chi connectivity index (χ2v) is 9.00. The molecule has 1 aromatic carbocycles. The van der Waals surface area contributed by atoms with E-state index < -0.39 is 0 Å². The number of allylic oxidation sites excluding steroid dienone is 1. The van der Waals surface area contributed by atoms with Gasteiger partial charge in [0.2, 0.25) is 5.91 Å². The van der Waals surface area contributed by atoms with Crippen molar-refractivity contribution in [2.24, 2.45) is 10.9 Å². The number of ether oxygens (including phenoxy) is 1. The van der Waals surface area contributed by atoms with Crippen molar-refractivity contribution in [2.75, 3.05) is 0 Å². The van der Waals surface area contributed by atoms with Crippen molar-refractivity contribution in [1.29, 1.82) is 0 Å². The largest absolute Gasteiger partial charge is 0.487 e. The van der Waals surface area contributed by atoms with Crippen molar-refractivity contribution in [2.45, 2.75) is 77.5 Å². The molecule has 2 fully saturated rings. The van der Waals surface area contributed by atoms with Crippen molar-refractivity contribution < 1.29 is 13.9 Å². The van der Waals surface area contributed by atoms with Gasteiger partial charge >= 0.3 is 0 Å². The molecule has 1 amide bonds. The van der Waals surface area contributed by atoms with Gasteiger partial charge in [0.25, 0.3) is 0 Å². The molecule has 1 aliphatic carbocycles. The van der Waals surface area contributed by atoms with Crippen LogP contribution < -0.4 is 4.74 Å². The van der Waals surface area contributed by atoms with Crippen LogP contribution in [0.5, 0.6) is 5.75 Å². The van der Waals surface area contributed by atoms with Crippen molar-refractivity contribution >= 4 is 12.1 Å². The summed E-state index contributed by atoms with van der Waals surface area (Å²) in [6, 6.07) is 5.03. The third-order valence-corrected chi connectivity index (χ3v) is 6.76. The number of aliphatic imine (C=N–C) groups is 1. The van der Waals surface area contributed by atoms with Crippen LogP contribution in [0.3, 0.4) is 0 Å². The first kappa shape index (κ1) is 23.0. The lowest BCUT2D eigenvalue weighted by molar-refractivity contribution is -0.147. The average molecular weight is 425 g/mol. The van der Waals surface area contributed by atoms with Gasteiger partial charge in [-0.2, -0.15) is 0 Å². The van der Waals surface area contributed by atoms with E-state index in [1.807, 2.05) is 26.1 Å². The molecular formula is C26H33FN2O2. The topological polar surface area (TPSA) is 41.9 Å². The molecule has 0 radical (unpaired) electrons. The summed E-state index contributed by atoms with van der Waals surface area (Å²) >= 11 is 0. The zero-order valence-corrected chi connectivity index (χ0v) is 19.0. The van der Waals surface area contributed by atoms with Gasteiger partial charge in [-0.25, -0.2) is 4.39 Å². The lowest BCUT2D eigenvalue weighted by Crippen LogP contribution is -2.54. The molecule has 0 bridgehead atoms. The molecule has 0 unspecified atom stereocenters. The minimum Gasteiger partial charge on any atom is -0.487 e. The van der Waals surface area contributed by atoms with Crippen LogP contribution in [0.15, 0.2) is 53.4 Å². The normalized spacial score (nSPS) is 28.4. The van der Waals surface area contributed by atoms with E-state index in [1.165, 1.54) is 6.07 Å². The maximum absolute atomic E-state index is 14.1. The summed E-state index contributed by atoms with van der Waals surface area (Å²) in [5.41, 5.74) is 4.45. The molecule has 31 heavy (non-hydrogen) atoms. The van der Waals surface area contributed by atoms with Crippen molar-refractivity contribution in [3.8, 4) is 5.75 Å². The third kappa shape index (κ3) is 4.99. The fourth-order valence-corrected chi connectivity index (χ4v) is 4.56. The highest BCUT2D eigenvalue weighted by Gasteiger charge is 2.49. The molecule has 2 atom stereocenters. The Balaban J connectivity index is 1.68. The first-order valence-corrected chi connectivity index (χ1v) is 11.1. The summed E-state index contributed by atoms with van der Waals surface area (Å²) in [6.45, 7) is 11.7. The minimum absolute atomic E-state index is 0.0526. The maximum Gasteiger partial charge on any atom is 0.226 e. The smallest absolute Gasteiger partial charge is 0.226 e. The Kier molecular flexibility index (Phi) is 7.17. The Morgan fingerprint density at radius 1 is 1.45 bits per heavy atom. The maximum atomic E-state index is 14.1. The predicted octanol–water partition coefficient (Wildman–Crippen LogP) is 5.77. The number of rotatable bonds is 7. The van der Waals surface area contributed by atoms with Gasteiger partial charge < -0.3 is 9.64 Å². The first-order chi connectivity index (χ1) is 14.8. The van der Waals surface area contributed by atoms with Gasteiger partial charge in [-0.1, -0.05) is 19.6 Å². The number of halogens is 1. The SMILES string of the molecule is C=C=CC=N/C=C(\C)[C@@H]1CC[C@](C)(CC)N1C(=O)C1CC(Oc2ccc(C)cc2F)C1. The fourth-order valence-electron chi connectivity index (χ4n) is 4.56. The average Bonchev–Trinajstić information content (AvgIpc) is 3.06. The van der Waals surface area contributed by atoms with Gasteiger partial charge in [0, 0.05) is 23.9 Å². The molecule has 5 heteroatoms. The fraction of sp³-hybridized carbons (Fsp3) is 0.500. The first-order valence-electron chi connectivity index (χ1n) is 11.1. The number of likely N-dealkylation sites (tertiary alicyclic amines) is 1. The highest BCUT2D eigenvalue weighted by Crippen LogP contribution is 2.43. The molecule has 4 nitrogen and oxygen atoms in total. The second-order valence-electron chi connectivity index (χ2n) is 9.00. The van der Waals surface area contributed by atoms with E-state index in [2.05, 4.69) is 36.0 Å². The Bertz CT molecular complexity index is 925. The lowest BCUT2D eigenvalue weighted by Gasteiger charge is -2.44. The summed E-state index contributed by atoms with van der Waals surface area (Å²) in [7, 11) is 0. The van der Waals surface area contributed by atoms with Gasteiger partial charge in [0.1, 0.15) is 6.10 Å². The molecule has 166 valence electrons. The third-order valence-electron chi connectivity index (χ3n) is 6.76. The van der Waals surface area contributed by atoms with Crippen molar-refractivity contribution in [3.63, 3.8) is 0 Å². The van der Waals surface area contributed by atoms with Gasteiger partial charge in [-0.3, -0.25) is 9.79 Å². The summed E-state index contributed by atoms with van der Waals surface area (Å²) < 4.78 is 19.9. The van der Waals surface area contributed by atoms with Crippen molar-refractivity contribution in [1.82, 2.24) is 4.90 Å². The van der Waals surface area contributed by atoms with E-state index in [4.69, 9.17) is 4.74 Å². The summed E-state index contributed by atoms with van der Waals surface area (Å²) in [5, 5.41) is 0. The van der Waals surface area contributed by atoms with Crippen LogP contribution >= 0.6 is 0 Å². The van der Waals surface area contributed by atoms with E-state index >= 15 is 0 Å². The van der Waals surface area contributed by atoms with E-state index in [0.29, 0.717) is 12.8 Å². The number of amides is 1. The van der Waals surface area contributed by atoms with E-state index in [9.17, 15) is 9.18 Å². The highest BCUT2D eigenvalue weighted by atomic mass is 19.1. The second kappa shape index (κ2) is 9.65. The molecule has 1 heterocycles. The minimum atomic E-state index is -0.347. The Morgan fingerprint density at radius 3 is 2.84 bits per heavy atom. The van der Waals surface area contributed by atoms with E-state index in [1.54, 1.807) is 18.4 Å². The summed E-state index contributed by atoms with van der Waals surface area (Å²) in [4.78, 5) is 19.9. The zero-order chi connectivity index (χ0) is 22.6. The van der Waals surface area contributed by atoms with Crippen LogP contribution in [-0.4, -0.2) is 34.7 Å². The molecule has 1 saturated heterocycles. The number of hydrogen-bond donors (Lipinski definition) is 0. The van der Waals surface area contributed by atoms with Crippen LogP contribution in [-0.2, 0) is 4.79 Å². The number of nitrogens with zero attached hydrogens (tertiary/aromatic N) is 2. The molecule has 0 aromatic heterocycles. The molecule has 1 aromatic rings. The molecule has 1 aliphatic heterocycles. The van der Waals surface area contributed by atoms with E-state index in [-0.39, 0.29) is 41.1 Å². The zero-order valence-electron chi connectivity index (χ0n) is 19.0. The van der Waals surface area contributed by atoms with E-state index in [0.717, 1.165) is 30.4 Å². The summed E-state index contributed by atoms with van der Waals surface area (Å²) in [6.07, 6.45) is 9.08. The quantitative estimate of drug-likeness (QED) is 0.412. The van der Waals surface area contributed by atoms with Crippen LogP contribution in [0, 0.1) is 18.7 Å². The van der Waals surface area contributed by atoms with Gasteiger partial charge in [-0.15, -0.1) is 5.73 Å². The molecule has 0 spiro atoms. The van der Waals surface area contributed by atoms with Crippen LogP contribution in [0.25, 0.3) is 0 Å². The number of carbonyl (C=O) groups excluding carboxylic acids is 1. The number of aryl methyl sites for hydroxylation is 1. The van der Waals surface area contributed by atoms with Gasteiger partial charge in [0.05, 0.1) is 6.04 Å².